The number of aryl methyl sites for hydroxylation is 1. The third-order valence-corrected chi connectivity index (χ3v) is 2.53. The van der Waals surface area contributed by atoms with Gasteiger partial charge in [0.25, 0.3) is 0 Å². The SMILES string of the molecule is CCn1ncc(CN)c1-c1cccc(F)c1. The summed E-state index contributed by atoms with van der Waals surface area (Å²) < 4.78 is 15.0. The monoisotopic (exact) mass is 219 g/mol. The number of hydrogen-bond donors (Lipinski definition) is 1. The van der Waals surface area contributed by atoms with E-state index in [1.54, 1.807) is 12.3 Å². The maximum atomic E-state index is 13.2. The maximum Gasteiger partial charge on any atom is 0.123 e. The Morgan fingerprint density at radius 2 is 2.25 bits per heavy atom. The fourth-order valence-corrected chi connectivity index (χ4v) is 1.78. The van der Waals surface area contributed by atoms with Gasteiger partial charge in [-0.05, 0) is 19.1 Å². The van der Waals surface area contributed by atoms with E-state index in [0.717, 1.165) is 23.4 Å². The number of aromatic nitrogens is 2. The van der Waals surface area contributed by atoms with Gasteiger partial charge in [-0.1, -0.05) is 12.1 Å². The smallest absolute Gasteiger partial charge is 0.123 e. The summed E-state index contributed by atoms with van der Waals surface area (Å²) in [6, 6.07) is 6.49. The number of nitrogens with two attached hydrogens (primary N) is 1. The van der Waals surface area contributed by atoms with Crippen LogP contribution >= 0.6 is 0 Å². The zero-order valence-corrected chi connectivity index (χ0v) is 9.15. The van der Waals surface area contributed by atoms with Crippen molar-refractivity contribution in [3.8, 4) is 11.3 Å². The Labute approximate surface area is 93.7 Å². The van der Waals surface area contributed by atoms with E-state index in [1.165, 1.54) is 12.1 Å². The average Bonchev–Trinajstić information content (AvgIpc) is 2.71. The molecule has 2 N–H and O–H groups in total. The topological polar surface area (TPSA) is 43.8 Å². The van der Waals surface area contributed by atoms with Gasteiger partial charge in [-0.25, -0.2) is 4.39 Å². The minimum atomic E-state index is -0.246. The maximum absolute atomic E-state index is 13.2. The summed E-state index contributed by atoms with van der Waals surface area (Å²) in [5, 5.41) is 4.23. The Kier molecular flexibility index (Phi) is 3.01. The molecule has 0 radical (unpaired) electrons. The van der Waals surface area contributed by atoms with E-state index in [0.29, 0.717) is 6.54 Å². The van der Waals surface area contributed by atoms with Crippen molar-refractivity contribution in [3.63, 3.8) is 0 Å². The number of halogens is 1. The van der Waals surface area contributed by atoms with Gasteiger partial charge in [-0.2, -0.15) is 5.10 Å². The average molecular weight is 219 g/mol. The lowest BCUT2D eigenvalue weighted by molar-refractivity contribution is 0.627. The Morgan fingerprint density at radius 3 is 2.88 bits per heavy atom. The van der Waals surface area contributed by atoms with Crippen LogP contribution in [0.25, 0.3) is 11.3 Å². The summed E-state index contributed by atoms with van der Waals surface area (Å²) in [6.07, 6.45) is 1.74. The predicted molar refractivity (Wildman–Crippen MR) is 61.2 cm³/mol. The van der Waals surface area contributed by atoms with Gasteiger partial charge in [0.05, 0.1) is 11.9 Å². The molecule has 0 saturated heterocycles. The van der Waals surface area contributed by atoms with Gasteiger partial charge >= 0.3 is 0 Å². The molecule has 2 aromatic rings. The summed E-state index contributed by atoms with van der Waals surface area (Å²) in [7, 11) is 0. The highest BCUT2D eigenvalue weighted by Gasteiger charge is 2.11. The van der Waals surface area contributed by atoms with Gasteiger partial charge < -0.3 is 5.73 Å². The molecule has 4 heteroatoms. The van der Waals surface area contributed by atoms with Crippen LogP contribution in [-0.4, -0.2) is 9.78 Å². The van der Waals surface area contributed by atoms with E-state index in [9.17, 15) is 4.39 Å². The molecule has 2 rings (SSSR count). The van der Waals surface area contributed by atoms with Gasteiger partial charge in [-0.3, -0.25) is 4.68 Å². The van der Waals surface area contributed by atoms with Crippen LogP contribution in [0.5, 0.6) is 0 Å². The highest BCUT2D eigenvalue weighted by Crippen LogP contribution is 2.24. The highest BCUT2D eigenvalue weighted by atomic mass is 19.1. The molecule has 0 spiro atoms. The third kappa shape index (κ3) is 1.84. The van der Waals surface area contributed by atoms with Crippen molar-refractivity contribution < 1.29 is 4.39 Å². The van der Waals surface area contributed by atoms with E-state index in [2.05, 4.69) is 5.10 Å². The van der Waals surface area contributed by atoms with E-state index < -0.39 is 0 Å². The molecule has 16 heavy (non-hydrogen) atoms. The molecule has 0 bridgehead atoms. The summed E-state index contributed by atoms with van der Waals surface area (Å²) in [5.74, 6) is -0.246. The molecule has 0 saturated carbocycles. The molecular weight excluding hydrogens is 205 g/mol. The van der Waals surface area contributed by atoms with Crippen molar-refractivity contribution in [1.82, 2.24) is 9.78 Å². The van der Waals surface area contributed by atoms with Crippen molar-refractivity contribution in [3.05, 3.63) is 41.8 Å². The minimum Gasteiger partial charge on any atom is -0.326 e. The van der Waals surface area contributed by atoms with Crippen LogP contribution in [0, 0.1) is 5.82 Å². The lowest BCUT2D eigenvalue weighted by Gasteiger charge is -2.07. The molecule has 1 aromatic carbocycles. The van der Waals surface area contributed by atoms with Crippen LogP contribution in [0.4, 0.5) is 4.39 Å². The molecule has 0 aliphatic rings. The number of rotatable bonds is 3. The van der Waals surface area contributed by atoms with E-state index in [-0.39, 0.29) is 5.82 Å². The van der Waals surface area contributed by atoms with E-state index >= 15 is 0 Å². The largest absolute Gasteiger partial charge is 0.326 e. The quantitative estimate of drug-likeness (QED) is 0.859. The van der Waals surface area contributed by atoms with Crippen molar-refractivity contribution in [2.75, 3.05) is 0 Å². The molecule has 1 aromatic heterocycles. The fraction of sp³-hybridized carbons (Fsp3) is 0.250. The molecule has 0 unspecified atom stereocenters. The zero-order chi connectivity index (χ0) is 11.5. The molecular formula is C12H14FN3. The Morgan fingerprint density at radius 1 is 1.44 bits per heavy atom. The standard InChI is InChI=1S/C12H14FN3/c1-2-16-12(10(7-14)8-15-16)9-4-3-5-11(13)6-9/h3-6,8H,2,7,14H2,1H3. The lowest BCUT2D eigenvalue weighted by atomic mass is 10.1. The van der Waals surface area contributed by atoms with Crippen LogP contribution in [0.2, 0.25) is 0 Å². The van der Waals surface area contributed by atoms with Crippen molar-refractivity contribution >= 4 is 0 Å². The van der Waals surface area contributed by atoms with Gasteiger partial charge in [0, 0.05) is 24.2 Å². The van der Waals surface area contributed by atoms with Crippen LogP contribution in [0.15, 0.2) is 30.5 Å². The van der Waals surface area contributed by atoms with Crippen LogP contribution in [0.3, 0.4) is 0 Å². The lowest BCUT2D eigenvalue weighted by Crippen LogP contribution is -2.02. The predicted octanol–water partition coefficient (Wildman–Crippen LogP) is 2.17. The fourth-order valence-electron chi connectivity index (χ4n) is 1.78. The van der Waals surface area contributed by atoms with Gasteiger partial charge in [0.2, 0.25) is 0 Å². The number of benzene rings is 1. The zero-order valence-electron chi connectivity index (χ0n) is 9.15. The molecule has 84 valence electrons. The van der Waals surface area contributed by atoms with Crippen molar-refractivity contribution in [1.29, 1.82) is 0 Å². The molecule has 0 aliphatic heterocycles. The second-order valence-electron chi connectivity index (χ2n) is 3.55. The summed E-state index contributed by atoms with van der Waals surface area (Å²) >= 11 is 0. The first kappa shape index (κ1) is 10.8. The molecule has 3 nitrogen and oxygen atoms in total. The van der Waals surface area contributed by atoms with Gasteiger partial charge in [0.15, 0.2) is 0 Å². The Hall–Kier alpha value is -1.68. The highest BCUT2D eigenvalue weighted by molar-refractivity contribution is 5.63. The summed E-state index contributed by atoms with van der Waals surface area (Å²) in [4.78, 5) is 0. The molecule has 0 atom stereocenters. The molecule has 1 heterocycles. The molecule has 0 fully saturated rings. The van der Waals surface area contributed by atoms with Crippen molar-refractivity contribution in [2.45, 2.75) is 20.0 Å². The first-order valence-corrected chi connectivity index (χ1v) is 5.27. The van der Waals surface area contributed by atoms with E-state index in [1.807, 2.05) is 17.7 Å². The Balaban J connectivity index is 2.57. The number of hydrogen-bond acceptors (Lipinski definition) is 2. The summed E-state index contributed by atoms with van der Waals surface area (Å²) in [5.41, 5.74) is 8.31. The molecule has 0 amide bonds. The van der Waals surface area contributed by atoms with Crippen LogP contribution < -0.4 is 5.73 Å². The van der Waals surface area contributed by atoms with Crippen LogP contribution in [-0.2, 0) is 13.1 Å². The second-order valence-corrected chi connectivity index (χ2v) is 3.55. The second kappa shape index (κ2) is 4.45. The van der Waals surface area contributed by atoms with Gasteiger partial charge in [0.1, 0.15) is 5.82 Å². The Bertz CT molecular complexity index is 469. The first-order chi connectivity index (χ1) is 7.76. The number of nitrogens with zero attached hydrogens (tertiary/aromatic N) is 2. The minimum absolute atomic E-state index is 0.246. The third-order valence-electron chi connectivity index (χ3n) is 2.53. The normalized spacial score (nSPS) is 10.7. The first-order valence-electron chi connectivity index (χ1n) is 5.27. The summed E-state index contributed by atoms with van der Waals surface area (Å²) in [6.45, 7) is 3.15. The van der Waals surface area contributed by atoms with Crippen LogP contribution in [0.1, 0.15) is 12.5 Å². The van der Waals surface area contributed by atoms with Gasteiger partial charge in [-0.15, -0.1) is 0 Å². The molecule has 0 aliphatic carbocycles. The van der Waals surface area contributed by atoms with Crippen molar-refractivity contribution in [2.24, 2.45) is 5.73 Å². The van der Waals surface area contributed by atoms with E-state index in [4.69, 9.17) is 5.73 Å².